The average molecular weight is 236 g/mol. The molecule has 0 fully saturated rings. The first kappa shape index (κ1) is 9.23. The zero-order chi connectivity index (χ0) is 11.1. The molecule has 0 aliphatic carbocycles. The molecule has 16 heavy (non-hydrogen) atoms. The summed E-state index contributed by atoms with van der Waals surface area (Å²) in [6, 6.07) is 5.36. The number of H-pyrrole nitrogens is 2. The number of hydrogen-bond acceptors (Lipinski definition) is 3. The van der Waals surface area contributed by atoms with E-state index in [-0.39, 0.29) is 0 Å². The molecule has 0 amide bonds. The Hall–Kier alpha value is -2.01. The summed E-state index contributed by atoms with van der Waals surface area (Å²) in [5, 5.41) is 0.325. The van der Waals surface area contributed by atoms with Crippen LogP contribution >= 0.6 is 11.6 Å². The van der Waals surface area contributed by atoms with E-state index in [2.05, 4.69) is 15.0 Å². The smallest absolute Gasteiger partial charge is 0.408 e. The Labute approximate surface area is 94.1 Å². The highest BCUT2D eigenvalue weighted by Gasteiger charge is 2.05. The number of aromatic amines is 2. The van der Waals surface area contributed by atoms with Crippen molar-refractivity contribution in [3.05, 3.63) is 40.2 Å². The number of nitrogens with one attached hydrogen (secondary N) is 2. The van der Waals surface area contributed by atoms with E-state index in [0.717, 1.165) is 11.3 Å². The Morgan fingerprint density at radius 2 is 2.19 bits per heavy atom. The van der Waals surface area contributed by atoms with Crippen molar-refractivity contribution in [1.29, 1.82) is 0 Å². The lowest BCUT2D eigenvalue weighted by atomic mass is 10.1. The van der Waals surface area contributed by atoms with Crippen LogP contribution in [-0.4, -0.2) is 15.0 Å². The quantitative estimate of drug-likeness (QED) is 0.679. The van der Waals surface area contributed by atoms with Gasteiger partial charge in [0.2, 0.25) is 0 Å². The minimum Gasteiger partial charge on any atom is -0.408 e. The number of nitrogens with zero attached hydrogens (tertiary/aromatic N) is 1. The molecule has 0 atom stereocenters. The normalized spacial score (nSPS) is 11.1. The first-order valence-electron chi connectivity index (χ1n) is 4.56. The molecule has 3 rings (SSSR count). The van der Waals surface area contributed by atoms with Crippen molar-refractivity contribution in [1.82, 2.24) is 15.0 Å². The van der Waals surface area contributed by atoms with Crippen molar-refractivity contribution < 1.29 is 4.42 Å². The number of fused-ring (bicyclic) bond motifs is 1. The van der Waals surface area contributed by atoms with Gasteiger partial charge < -0.3 is 9.40 Å². The van der Waals surface area contributed by atoms with Gasteiger partial charge in [-0.25, -0.2) is 9.78 Å². The van der Waals surface area contributed by atoms with Crippen LogP contribution in [0, 0.1) is 0 Å². The van der Waals surface area contributed by atoms with Crippen LogP contribution < -0.4 is 5.76 Å². The molecule has 0 aliphatic heterocycles. The molecule has 0 saturated carbocycles. The van der Waals surface area contributed by atoms with E-state index >= 15 is 0 Å². The van der Waals surface area contributed by atoms with E-state index in [9.17, 15) is 4.79 Å². The maximum atomic E-state index is 11.0. The zero-order valence-electron chi connectivity index (χ0n) is 7.95. The third kappa shape index (κ3) is 1.42. The minimum absolute atomic E-state index is 0.325. The summed E-state index contributed by atoms with van der Waals surface area (Å²) in [4.78, 5) is 20.3. The molecule has 0 aliphatic rings. The summed E-state index contributed by atoms with van der Waals surface area (Å²) in [6.07, 6.45) is 1.62. The number of benzene rings is 1. The van der Waals surface area contributed by atoms with Gasteiger partial charge in [0.25, 0.3) is 0 Å². The number of halogens is 1. The number of oxazole rings is 1. The summed E-state index contributed by atoms with van der Waals surface area (Å²) in [7, 11) is 0. The van der Waals surface area contributed by atoms with E-state index in [1.807, 2.05) is 6.07 Å². The van der Waals surface area contributed by atoms with Crippen molar-refractivity contribution in [2.45, 2.75) is 0 Å². The highest BCUT2D eigenvalue weighted by molar-refractivity contribution is 6.28. The molecule has 0 bridgehead atoms. The van der Waals surface area contributed by atoms with Gasteiger partial charge in [-0.1, -0.05) is 6.07 Å². The van der Waals surface area contributed by atoms with Crippen LogP contribution in [0.15, 0.2) is 33.6 Å². The van der Waals surface area contributed by atoms with E-state index in [1.54, 1.807) is 18.3 Å². The van der Waals surface area contributed by atoms with Crippen LogP contribution in [0.2, 0.25) is 5.28 Å². The van der Waals surface area contributed by atoms with Crippen molar-refractivity contribution in [3.8, 4) is 11.3 Å². The fourth-order valence-electron chi connectivity index (χ4n) is 1.56. The summed E-state index contributed by atoms with van der Waals surface area (Å²) >= 11 is 5.69. The Morgan fingerprint density at radius 3 is 2.94 bits per heavy atom. The largest absolute Gasteiger partial charge is 0.417 e. The molecule has 0 saturated heterocycles. The molecule has 5 nitrogen and oxygen atoms in total. The van der Waals surface area contributed by atoms with Crippen LogP contribution in [0.3, 0.4) is 0 Å². The topological polar surface area (TPSA) is 74.7 Å². The molecule has 2 N–H and O–H groups in total. The third-order valence-electron chi connectivity index (χ3n) is 2.28. The van der Waals surface area contributed by atoms with E-state index < -0.39 is 5.76 Å². The van der Waals surface area contributed by atoms with Gasteiger partial charge in [0.1, 0.15) is 0 Å². The average Bonchev–Trinajstić information content (AvgIpc) is 2.81. The molecule has 1 aromatic carbocycles. The molecular weight excluding hydrogens is 230 g/mol. The predicted molar refractivity (Wildman–Crippen MR) is 59.4 cm³/mol. The second-order valence-corrected chi connectivity index (χ2v) is 3.67. The van der Waals surface area contributed by atoms with Gasteiger partial charge in [-0.3, -0.25) is 4.98 Å². The Kier molecular flexibility index (Phi) is 1.87. The number of aromatic nitrogens is 3. The Morgan fingerprint density at radius 1 is 1.31 bits per heavy atom. The fraction of sp³-hybridized carbons (Fsp3) is 0. The van der Waals surface area contributed by atoms with Crippen molar-refractivity contribution >= 4 is 22.7 Å². The molecule has 2 heterocycles. The summed E-state index contributed by atoms with van der Waals surface area (Å²) in [6.45, 7) is 0. The van der Waals surface area contributed by atoms with E-state index in [0.29, 0.717) is 16.4 Å². The van der Waals surface area contributed by atoms with Crippen LogP contribution in [0.25, 0.3) is 22.4 Å². The Bertz CT molecular complexity index is 710. The molecule has 0 spiro atoms. The first-order chi connectivity index (χ1) is 7.72. The number of hydrogen-bond donors (Lipinski definition) is 2. The maximum Gasteiger partial charge on any atom is 0.417 e. The summed E-state index contributed by atoms with van der Waals surface area (Å²) in [5.74, 6) is -0.463. The van der Waals surface area contributed by atoms with Gasteiger partial charge in [-0.05, 0) is 23.7 Å². The highest BCUT2D eigenvalue weighted by atomic mass is 35.5. The third-order valence-corrected chi connectivity index (χ3v) is 2.47. The number of imidazole rings is 1. The molecular formula is C10H6ClN3O2. The van der Waals surface area contributed by atoms with Gasteiger partial charge in [-0.15, -0.1) is 0 Å². The number of rotatable bonds is 1. The van der Waals surface area contributed by atoms with Crippen LogP contribution in [0.5, 0.6) is 0 Å². The maximum absolute atomic E-state index is 11.0. The van der Waals surface area contributed by atoms with Crippen LogP contribution in [0.1, 0.15) is 0 Å². The van der Waals surface area contributed by atoms with Crippen molar-refractivity contribution in [2.75, 3.05) is 0 Å². The van der Waals surface area contributed by atoms with Gasteiger partial charge in [0, 0.05) is 5.56 Å². The first-order valence-corrected chi connectivity index (χ1v) is 4.94. The molecule has 0 radical (unpaired) electrons. The minimum atomic E-state index is -0.463. The van der Waals surface area contributed by atoms with Gasteiger partial charge in [-0.2, -0.15) is 0 Å². The Balaban J connectivity index is 2.21. The van der Waals surface area contributed by atoms with E-state index in [1.165, 1.54) is 0 Å². The molecule has 0 unspecified atom stereocenters. The van der Waals surface area contributed by atoms with Crippen molar-refractivity contribution in [2.24, 2.45) is 0 Å². The summed E-state index contributed by atoms with van der Waals surface area (Å²) in [5.41, 5.74) is 2.80. The molecule has 3 aromatic rings. The lowest BCUT2D eigenvalue weighted by Crippen LogP contribution is -1.92. The van der Waals surface area contributed by atoms with Gasteiger partial charge in [0.05, 0.1) is 17.4 Å². The van der Waals surface area contributed by atoms with Gasteiger partial charge >= 0.3 is 5.76 Å². The van der Waals surface area contributed by atoms with Gasteiger partial charge in [0.15, 0.2) is 10.9 Å². The highest BCUT2D eigenvalue weighted by Crippen LogP contribution is 2.22. The second-order valence-electron chi connectivity index (χ2n) is 3.31. The monoisotopic (exact) mass is 235 g/mol. The standard InChI is InChI=1S/C10H6ClN3O2/c11-9-12-4-7(13-9)5-1-2-6-8(3-5)16-10(15)14-6/h1-4H,(H,12,13)(H,14,15). The zero-order valence-corrected chi connectivity index (χ0v) is 8.71. The second kappa shape index (κ2) is 3.24. The lowest BCUT2D eigenvalue weighted by molar-refractivity contribution is 0.555. The van der Waals surface area contributed by atoms with E-state index in [4.69, 9.17) is 16.0 Å². The molecule has 80 valence electrons. The van der Waals surface area contributed by atoms with Crippen LogP contribution in [0.4, 0.5) is 0 Å². The SMILES string of the molecule is O=c1[nH]c2ccc(-c3cnc(Cl)[nH]3)cc2o1. The van der Waals surface area contributed by atoms with Crippen molar-refractivity contribution in [3.63, 3.8) is 0 Å². The molecule has 2 aromatic heterocycles. The fourth-order valence-corrected chi connectivity index (χ4v) is 1.71. The summed E-state index contributed by atoms with van der Waals surface area (Å²) < 4.78 is 4.96. The van der Waals surface area contributed by atoms with Crippen LogP contribution in [-0.2, 0) is 0 Å². The molecule has 6 heteroatoms. The lowest BCUT2D eigenvalue weighted by Gasteiger charge is -1.95. The predicted octanol–water partition coefficient (Wildman–Crippen LogP) is 2.16.